The molecule has 1 amide bonds. The first-order valence-corrected chi connectivity index (χ1v) is 6.20. The largest absolute Gasteiger partial charge is 0.396 e. The molecule has 0 spiro atoms. The van der Waals surface area contributed by atoms with Gasteiger partial charge < -0.3 is 10.6 Å². The normalized spacial score (nSPS) is 15.6. The fraction of sp³-hybridized carbons (Fsp3) is 0.667. The minimum atomic E-state index is -0.00287. The van der Waals surface area contributed by atoms with Crippen LogP contribution in [0.1, 0.15) is 36.7 Å². The van der Waals surface area contributed by atoms with E-state index in [1.807, 2.05) is 11.8 Å². The Morgan fingerprint density at radius 1 is 1.65 bits per heavy atom. The molecule has 17 heavy (non-hydrogen) atoms. The van der Waals surface area contributed by atoms with Crippen LogP contribution in [0.5, 0.6) is 0 Å². The molecule has 2 N–H and O–H groups in total. The smallest absolute Gasteiger partial charge is 0.274 e. The Labute approximate surface area is 102 Å². The van der Waals surface area contributed by atoms with Crippen LogP contribution in [0.15, 0.2) is 6.20 Å². The molecule has 0 atom stereocenters. The summed E-state index contributed by atoms with van der Waals surface area (Å²) in [6.45, 7) is 3.57. The second kappa shape index (κ2) is 4.77. The fourth-order valence-electron chi connectivity index (χ4n) is 2.21. The number of hydrogen-bond acceptors (Lipinski definition) is 3. The summed E-state index contributed by atoms with van der Waals surface area (Å²) >= 11 is 0. The zero-order chi connectivity index (χ0) is 12.4. The van der Waals surface area contributed by atoms with Gasteiger partial charge in [0.25, 0.3) is 5.91 Å². The number of carbonyl (C=O) groups excluding carboxylic acids is 1. The van der Waals surface area contributed by atoms with Gasteiger partial charge >= 0.3 is 0 Å². The van der Waals surface area contributed by atoms with Crippen molar-refractivity contribution in [2.45, 2.75) is 26.2 Å². The Morgan fingerprint density at radius 3 is 2.76 bits per heavy atom. The van der Waals surface area contributed by atoms with Crippen LogP contribution in [0.2, 0.25) is 0 Å². The number of nitrogen functional groups attached to an aromatic ring is 1. The summed E-state index contributed by atoms with van der Waals surface area (Å²) in [5.41, 5.74) is 6.75. The molecule has 1 aromatic rings. The van der Waals surface area contributed by atoms with E-state index >= 15 is 0 Å². The van der Waals surface area contributed by atoms with Gasteiger partial charge in [0.2, 0.25) is 0 Å². The molecule has 1 heterocycles. The molecule has 0 aliphatic heterocycles. The molecule has 1 aliphatic carbocycles. The molecule has 0 aromatic carbocycles. The zero-order valence-electron chi connectivity index (χ0n) is 10.5. The van der Waals surface area contributed by atoms with Crippen molar-refractivity contribution < 1.29 is 4.79 Å². The number of nitrogens with two attached hydrogens (primary N) is 1. The summed E-state index contributed by atoms with van der Waals surface area (Å²) in [6, 6.07) is 0. The van der Waals surface area contributed by atoms with Crippen LogP contribution in [0.25, 0.3) is 0 Å². The molecule has 1 saturated carbocycles. The lowest BCUT2D eigenvalue weighted by molar-refractivity contribution is 0.0696. The van der Waals surface area contributed by atoms with E-state index in [9.17, 15) is 4.79 Å². The summed E-state index contributed by atoms with van der Waals surface area (Å²) in [5, 5.41) is 4.01. The van der Waals surface area contributed by atoms with E-state index in [2.05, 4.69) is 5.10 Å². The monoisotopic (exact) mass is 236 g/mol. The molecular weight excluding hydrogens is 216 g/mol. The van der Waals surface area contributed by atoms with E-state index in [0.29, 0.717) is 17.3 Å². The van der Waals surface area contributed by atoms with Gasteiger partial charge in [-0.2, -0.15) is 5.10 Å². The third kappa shape index (κ3) is 2.28. The van der Waals surface area contributed by atoms with Crippen molar-refractivity contribution in [3.8, 4) is 0 Å². The van der Waals surface area contributed by atoms with Gasteiger partial charge in [-0.25, -0.2) is 0 Å². The van der Waals surface area contributed by atoms with Gasteiger partial charge in [0.05, 0.1) is 11.9 Å². The molecule has 0 bridgehead atoms. The number of nitrogens with zero attached hydrogens (tertiary/aromatic N) is 3. The van der Waals surface area contributed by atoms with E-state index in [-0.39, 0.29) is 5.91 Å². The number of hydrogen-bond donors (Lipinski definition) is 1. The van der Waals surface area contributed by atoms with Gasteiger partial charge in [-0.15, -0.1) is 0 Å². The molecule has 0 saturated heterocycles. The van der Waals surface area contributed by atoms with Gasteiger partial charge in [0.1, 0.15) is 5.69 Å². The summed E-state index contributed by atoms with van der Waals surface area (Å²) in [5.74, 6) is 0.672. The molecule has 2 rings (SSSR count). The zero-order valence-corrected chi connectivity index (χ0v) is 10.5. The highest BCUT2D eigenvalue weighted by molar-refractivity contribution is 5.97. The number of aryl methyl sites for hydroxylation is 1. The SMILES string of the molecule is CCN(CC1CCC1)C(=O)c1c(N)cnn1C. The van der Waals surface area contributed by atoms with Crippen LogP contribution in [0, 0.1) is 5.92 Å². The number of aromatic nitrogens is 2. The third-order valence-corrected chi connectivity index (χ3v) is 3.54. The van der Waals surface area contributed by atoms with Crippen LogP contribution in [-0.2, 0) is 7.05 Å². The second-order valence-electron chi connectivity index (χ2n) is 4.71. The van der Waals surface area contributed by atoms with Crippen molar-refractivity contribution in [2.75, 3.05) is 18.8 Å². The van der Waals surface area contributed by atoms with E-state index in [1.54, 1.807) is 11.7 Å². The molecule has 1 aromatic heterocycles. The van der Waals surface area contributed by atoms with E-state index < -0.39 is 0 Å². The Hall–Kier alpha value is -1.52. The van der Waals surface area contributed by atoms with Gasteiger partial charge in [-0.3, -0.25) is 9.48 Å². The standard InChI is InChI=1S/C12H20N4O/c1-3-16(8-9-5-4-6-9)12(17)11-10(13)7-14-15(11)2/h7,9H,3-6,8,13H2,1-2H3. The maximum atomic E-state index is 12.3. The van der Waals surface area contributed by atoms with Crippen molar-refractivity contribution in [3.05, 3.63) is 11.9 Å². The Morgan fingerprint density at radius 2 is 2.35 bits per heavy atom. The topological polar surface area (TPSA) is 64.2 Å². The van der Waals surface area contributed by atoms with Gasteiger partial charge in [0, 0.05) is 20.1 Å². The first kappa shape index (κ1) is 12.0. The predicted molar refractivity (Wildman–Crippen MR) is 66.5 cm³/mol. The average molecular weight is 236 g/mol. The highest BCUT2D eigenvalue weighted by Crippen LogP contribution is 2.27. The van der Waals surface area contributed by atoms with Gasteiger partial charge in [-0.1, -0.05) is 6.42 Å². The second-order valence-corrected chi connectivity index (χ2v) is 4.71. The minimum absolute atomic E-state index is 0.00287. The van der Waals surface area contributed by atoms with Gasteiger partial charge in [0.15, 0.2) is 0 Å². The summed E-state index contributed by atoms with van der Waals surface area (Å²) < 4.78 is 1.56. The molecule has 1 aliphatic rings. The van der Waals surface area contributed by atoms with E-state index in [1.165, 1.54) is 25.5 Å². The first-order chi connectivity index (χ1) is 8.13. The summed E-state index contributed by atoms with van der Waals surface area (Å²) in [6.07, 6.45) is 5.31. The van der Waals surface area contributed by atoms with Crippen LogP contribution < -0.4 is 5.73 Å². The van der Waals surface area contributed by atoms with E-state index in [0.717, 1.165) is 13.1 Å². The highest BCUT2D eigenvalue weighted by atomic mass is 16.2. The summed E-state index contributed by atoms with van der Waals surface area (Å²) in [7, 11) is 1.75. The van der Waals surface area contributed by atoms with Crippen molar-refractivity contribution in [2.24, 2.45) is 13.0 Å². The maximum Gasteiger partial charge on any atom is 0.274 e. The number of rotatable bonds is 4. The molecule has 94 valence electrons. The van der Waals surface area contributed by atoms with Crippen LogP contribution >= 0.6 is 0 Å². The lowest BCUT2D eigenvalue weighted by Gasteiger charge is -2.31. The van der Waals surface area contributed by atoms with Crippen LogP contribution in [0.3, 0.4) is 0 Å². The fourth-order valence-corrected chi connectivity index (χ4v) is 2.21. The lowest BCUT2D eigenvalue weighted by Crippen LogP contribution is -2.38. The maximum absolute atomic E-state index is 12.3. The lowest BCUT2D eigenvalue weighted by atomic mass is 9.85. The van der Waals surface area contributed by atoms with Crippen LogP contribution in [0.4, 0.5) is 5.69 Å². The molecule has 0 radical (unpaired) electrons. The average Bonchev–Trinajstić information content (AvgIpc) is 2.56. The Bertz CT molecular complexity index is 389. The van der Waals surface area contributed by atoms with Crippen molar-refractivity contribution in [3.63, 3.8) is 0 Å². The molecule has 5 heteroatoms. The Kier molecular flexibility index (Phi) is 3.36. The van der Waals surface area contributed by atoms with Crippen molar-refractivity contribution in [1.29, 1.82) is 0 Å². The molecule has 5 nitrogen and oxygen atoms in total. The van der Waals surface area contributed by atoms with Crippen molar-refractivity contribution in [1.82, 2.24) is 14.7 Å². The first-order valence-electron chi connectivity index (χ1n) is 6.20. The predicted octanol–water partition coefficient (Wildman–Crippen LogP) is 1.26. The quantitative estimate of drug-likeness (QED) is 0.856. The number of anilines is 1. The van der Waals surface area contributed by atoms with E-state index in [4.69, 9.17) is 5.73 Å². The molecule has 0 unspecified atom stereocenters. The minimum Gasteiger partial charge on any atom is -0.396 e. The molecular formula is C12H20N4O. The van der Waals surface area contributed by atoms with Gasteiger partial charge in [-0.05, 0) is 25.7 Å². The van der Waals surface area contributed by atoms with Crippen LogP contribution in [-0.4, -0.2) is 33.7 Å². The number of carbonyl (C=O) groups is 1. The third-order valence-electron chi connectivity index (χ3n) is 3.54. The van der Waals surface area contributed by atoms with Crippen molar-refractivity contribution >= 4 is 11.6 Å². The molecule has 1 fully saturated rings. The number of amides is 1. The summed E-state index contributed by atoms with van der Waals surface area (Å²) in [4.78, 5) is 14.2. The highest BCUT2D eigenvalue weighted by Gasteiger charge is 2.26. The Balaban J connectivity index is 2.10.